The van der Waals surface area contributed by atoms with Gasteiger partial charge in [-0.2, -0.15) is 5.10 Å². The van der Waals surface area contributed by atoms with Gasteiger partial charge in [-0.05, 0) is 61.9 Å². The second-order valence-corrected chi connectivity index (χ2v) is 9.26. The number of aromatic hydroxyl groups is 1. The molecular formula is C23H21FN4O4S. The lowest BCUT2D eigenvalue weighted by Gasteiger charge is -2.09. The van der Waals surface area contributed by atoms with E-state index in [4.69, 9.17) is 0 Å². The first kappa shape index (κ1) is 22.3. The van der Waals surface area contributed by atoms with Crippen LogP contribution in [0.4, 0.5) is 4.39 Å². The van der Waals surface area contributed by atoms with Crippen LogP contribution in [0.3, 0.4) is 0 Å². The van der Waals surface area contributed by atoms with Crippen LogP contribution in [0, 0.1) is 19.7 Å². The summed E-state index contributed by atoms with van der Waals surface area (Å²) >= 11 is 0. The van der Waals surface area contributed by atoms with E-state index in [9.17, 15) is 22.7 Å². The highest BCUT2D eigenvalue weighted by atomic mass is 32.2. The summed E-state index contributed by atoms with van der Waals surface area (Å²) in [5, 5.41) is 15.0. The van der Waals surface area contributed by atoms with Crippen molar-refractivity contribution in [2.75, 3.05) is 0 Å². The number of nitrogens with zero attached hydrogens (tertiary/aromatic N) is 3. The van der Waals surface area contributed by atoms with Gasteiger partial charge >= 0.3 is 0 Å². The van der Waals surface area contributed by atoms with E-state index in [0.717, 1.165) is 11.6 Å². The van der Waals surface area contributed by atoms with Crippen molar-refractivity contribution in [2.24, 2.45) is 7.05 Å². The quantitative estimate of drug-likeness (QED) is 0.437. The molecule has 0 saturated heterocycles. The number of hydrogen-bond acceptors (Lipinski definition) is 5. The van der Waals surface area contributed by atoms with Crippen molar-refractivity contribution in [3.63, 3.8) is 0 Å². The summed E-state index contributed by atoms with van der Waals surface area (Å²) in [5.41, 5.74) is 2.62. The van der Waals surface area contributed by atoms with Crippen molar-refractivity contribution >= 4 is 32.9 Å². The molecule has 0 spiro atoms. The molecule has 4 aromatic rings. The zero-order valence-corrected chi connectivity index (χ0v) is 18.9. The summed E-state index contributed by atoms with van der Waals surface area (Å²) in [7, 11) is -2.53. The normalized spacial score (nSPS) is 12.0. The van der Waals surface area contributed by atoms with Gasteiger partial charge in [0.15, 0.2) is 0 Å². The first-order valence-corrected chi connectivity index (χ1v) is 11.4. The van der Waals surface area contributed by atoms with E-state index >= 15 is 0 Å². The molecule has 0 aliphatic rings. The topological polar surface area (TPSA) is 106 Å². The van der Waals surface area contributed by atoms with E-state index in [2.05, 4.69) is 5.10 Å². The van der Waals surface area contributed by atoms with Gasteiger partial charge < -0.3 is 9.67 Å². The van der Waals surface area contributed by atoms with Gasteiger partial charge in [0.1, 0.15) is 22.3 Å². The Morgan fingerprint density at radius 1 is 1.15 bits per heavy atom. The van der Waals surface area contributed by atoms with Crippen LogP contribution in [0.15, 0.2) is 59.6 Å². The lowest BCUT2D eigenvalue weighted by atomic mass is 10.2. The number of phenols is 1. The number of amides is 1. The van der Waals surface area contributed by atoms with E-state index in [1.54, 1.807) is 43.9 Å². The molecule has 0 atom stereocenters. The monoisotopic (exact) mass is 468 g/mol. The number of hydrogen-bond donors (Lipinski definition) is 2. The van der Waals surface area contributed by atoms with Crippen LogP contribution in [0.25, 0.3) is 22.8 Å². The van der Waals surface area contributed by atoms with Crippen molar-refractivity contribution in [1.29, 1.82) is 0 Å². The summed E-state index contributed by atoms with van der Waals surface area (Å²) in [4.78, 5) is 12.0. The molecule has 33 heavy (non-hydrogen) atoms. The third-order valence-electron chi connectivity index (χ3n) is 5.16. The van der Waals surface area contributed by atoms with Crippen LogP contribution in [0.1, 0.15) is 16.8 Å². The van der Waals surface area contributed by atoms with Crippen LogP contribution >= 0.6 is 0 Å². The second kappa shape index (κ2) is 8.21. The minimum atomic E-state index is -4.26. The predicted octanol–water partition coefficient (Wildman–Crippen LogP) is 3.34. The maximum absolute atomic E-state index is 13.6. The molecule has 0 unspecified atom stereocenters. The lowest BCUT2D eigenvalue weighted by Crippen LogP contribution is -2.29. The number of aromatic nitrogens is 3. The zero-order valence-electron chi connectivity index (χ0n) is 18.1. The number of aryl methyl sites for hydroxylation is 3. The number of carbonyl (C=O) groups excluding carboxylic acids is 1. The molecular weight excluding hydrogens is 447 g/mol. The van der Waals surface area contributed by atoms with Crippen molar-refractivity contribution in [3.8, 4) is 11.6 Å². The molecule has 0 bridgehead atoms. The molecule has 0 aliphatic carbocycles. The van der Waals surface area contributed by atoms with E-state index in [1.165, 1.54) is 36.4 Å². The Morgan fingerprint density at radius 2 is 1.91 bits per heavy atom. The zero-order chi connectivity index (χ0) is 23.9. The van der Waals surface area contributed by atoms with Gasteiger partial charge in [-0.3, -0.25) is 9.48 Å². The third kappa shape index (κ3) is 4.24. The van der Waals surface area contributed by atoms with Crippen molar-refractivity contribution in [1.82, 2.24) is 19.1 Å². The third-order valence-corrected chi connectivity index (χ3v) is 6.55. The number of rotatable bonds is 5. The van der Waals surface area contributed by atoms with E-state index in [1.807, 2.05) is 9.29 Å². The number of halogens is 1. The Bertz CT molecular complexity index is 1530. The van der Waals surface area contributed by atoms with E-state index in [-0.39, 0.29) is 10.7 Å². The summed E-state index contributed by atoms with van der Waals surface area (Å²) in [5.74, 6) is -1.06. The van der Waals surface area contributed by atoms with Crippen molar-refractivity contribution < 1.29 is 22.7 Å². The lowest BCUT2D eigenvalue weighted by molar-refractivity contribution is -0.114. The summed E-state index contributed by atoms with van der Waals surface area (Å²) in [6.07, 6.45) is 4.32. The average molecular weight is 469 g/mol. The van der Waals surface area contributed by atoms with E-state index < -0.39 is 21.7 Å². The molecule has 170 valence electrons. The molecule has 2 aromatic heterocycles. The Balaban J connectivity index is 1.66. The maximum atomic E-state index is 13.6. The molecule has 0 aliphatic heterocycles. The fourth-order valence-corrected chi connectivity index (χ4v) is 4.70. The maximum Gasteiger partial charge on any atom is 0.267 e. The van der Waals surface area contributed by atoms with Crippen molar-refractivity contribution in [3.05, 3.63) is 77.4 Å². The Morgan fingerprint density at radius 3 is 2.64 bits per heavy atom. The number of nitrogens with one attached hydrogen (secondary N) is 1. The first-order chi connectivity index (χ1) is 15.6. The number of phenolic OH excluding ortho intramolecular Hbond substituents is 1. The fourth-order valence-electron chi connectivity index (χ4n) is 3.68. The average Bonchev–Trinajstić information content (AvgIpc) is 3.24. The van der Waals surface area contributed by atoms with Crippen LogP contribution in [-0.4, -0.2) is 33.8 Å². The van der Waals surface area contributed by atoms with Crippen LogP contribution in [-0.2, 0) is 21.9 Å². The van der Waals surface area contributed by atoms with Crippen LogP contribution in [0.5, 0.6) is 5.75 Å². The fraction of sp³-hybridized carbons (Fsp3) is 0.130. The Hall–Kier alpha value is -3.92. The molecule has 4 rings (SSSR count). The van der Waals surface area contributed by atoms with Crippen LogP contribution < -0.4 is 4.72 Å². The smallest absolute Gasteiger partial charge is 0.267 e. The van der Waals surface area contributed by atoms with E-state index in [0.29, 0.717) is 28.0 Å². The molecule has 8 nitrogen and oxygen atoms in total. The number of sulfonamides is 1. The molecule has 10 heteroatoms. The molecule has 2 aromatic carbocycles. The second-order valence-electron chi connectivity index (χ2n) is 7.61. The summed E-state index contributed by atoms with van der Waals surface area (Å²) < 4.78 is 44.0. The molecule has 0 radical (unpaired) electrons. The first-order valence-electron chi connectivity index (χ1n) is 9.92. The number of benzene rings is 2. The number of carbonyl (C=O) groups is 1. The Labute approximate surface area is 189 Å². The largest absolute Gasteiger partial charge is 0.507 e. The standard InChI is InChI=1S/C23H21FN4O4S/c1-14-4-8-21(20(29)12-14)33(31,32)26-22(30)9-6-18-15(2)25-27(3)23(18)28-11-10-16-13-17(24)5-7-19(16)28/h4-13,29H,1-3H3,(H,26,30). The molecule has 1 amide bonds. The van der Waals surface area contributed by atoms with Crippen molar-refractivity contribution in [2.45, 2.75) is 18.7 Å². The minimum absolute atomic E-state index is 0.348. The minimum Gasteiger partial charge on any atom is -0.507 e. The molecule has 0 saturated carbocycles. The molecule has 2 heterocycles. The highest BCUT2D eigenvalue weighted by Crippen LogP contribution is 2.26. The highest BCUT2D eigenvalue weighted by molar-refractivity contribution is 7.90. The predicted molar refractivity (Wildman–Crippen MR) is 122 cm³/mol. The molecule has 0 fully saturated rings. The van der Waals surface area contributed by atoms with Gasteiger partial charge in [-0.1, -0.05) is 6.07 Å². The van der Waals surface area contributed by atoms with Crippen LogP contribution in [0.2, 0.25) is 0 Å². The highest BCUT2D eigenvalue weighted by Gasteiger charge is 2.21. The van der Waals surface area contributed by atoms with Gasteiger partial charge in [0.25, 0.3) is 15.9 Å². The van der Waals surface area contributed by atoms with Gasteiger partial charge in [-0.25, -0.2) is 17.5 Å². The molecule has 2 N–H and O–H groups in total. The summed E-state index contributed by atoms with van der Waals surface area (Å²) in [6.45, 7) is 3.46. The van der Waals surface area contributed by atoms with Gasteiger partial charge in [0.2, 0.25) is 0 Å². The number of fused-ring (bicyclic) bond motifs is 1. The van der Waals surface area contributed by atoms with Gasteiger partial charge in [0.05, 0.1) is 11.2 Å². The van der Waals surface area contributed by atoms with Gasteiger partial charge in [0, 0.05) is 30.3 Å². The summed E-state index contributed by atoms with van der Waals surface area (Å²) in [6, 6.07) is 10.2. The SMILES string of the molecule is Cc1ccc(S(=O)(=O)NC(=O)C=Cc2c(C)nn(C)c2-n2ccc3cc(F)ccc32)c(O)c1. The van der Waals surface area contributed by atoms with Gasteiger partial charge in [-0.15, -0.1) is 0 Å². The Kier molecular flexibility index (Phi) is 5.54.